The summed E-state index contributed by atoms with van der Waals surface area (Å²) < 4.78 is 37.2. The first kappa shape index (κ1) is 29.0. The topological polar surface area (TPSA) is 105 Å². The highest BCUT2D eigenvalue weighted by Gasteiger charge is 2.32. The van der Waals surface area contributed by atoms with Crippen LogP contribution < -0.4 is 19.1 Å². The zero-order valence-corrected chi connectivity index (χ0v) is 23.1. The van der Waals surface area contributed by atoms with Crippen LogP contribution in [-0.2, 0) is 26.2 Å². The number of hydrogen-bond donors (Lipinski definition) is 1. The molecular formula is C26H37N3O6S. The minimum atomic E-state index is -3.89. The predicted molar refractivity (Wildman–Crippen MR) is 141 cm³/mol. The lowest BCUT2D eigenvalue weighted by Gasteiger charge is -2.33. The second-order valence-electron chi connectivity index (χ2n) is 9.73. The Hall–Kier alpha value is -3.27. The molecule has 0 aliphatic heterocycles. The van der Waals surface area contributed by atoms with Crippen molar-refractivity contribution in [2.45, 2.75) is 52.7 Å². The Morgan fingerprint density at radius 2 is 1.72 bits per heavy atom. The van der Waals surface area contributed by atoms with E-state index in [4.69, 9.17) is 9.47 Å². The van der Waals surface area contributed by atoms with Crippen LogP contribution in [0.5, 0.6) is 11.5 Å². The fourth-order valence-electron chi connectivity index (χ4n) is 3.65. The van der Waals surface area contributed by atoms with Gasteiger partial charge in [-0.15, -0.1) is 0 Å². The molecule has 1 N–H and O–H groups in total. The molecule has 0 aliphatic carbocycles. The van der Waals surface area contributed by atoms with Gasteiger partial charge in [0.15, 0.2) is 0 Å². The Kier molecular flexibility index (Phi) is 9.37. The molecule has 2 amide bonds. The number of carbonyl (C=O) groups excluding carboxylic acids is 2. The molecule has 9 nitrogen and oxygen atoms in total. The van der Waals surface area contributed by atoms with E-state index < -0.39 is 34.1 Å². The number of hydrogen-bond acceptors (Lipinski definition) is 6. The minimum absolute atomic E-state index is 0.136. The summed E-state index contributed by atoms with van der Waals surface area (Å²) in [7, 11) is -0.997. The van der Waals surface area contributed by atoms with Gasteiger partial charge in [-0.3, -0.25) is 13.9 Å². The molecule has 0 saturated carbocycles. The average Bonchev–Trinajstić information content (AvgIpc) is 2.78. The summed E-state index contributed by atoms with van der Waals surface area (Å²) in [5, 5.41) is 2.90. The Balaban J connectivity index is 2.48. The number of rotatable bonds is 10. The van der Waals surface area contributed by atoms with E-state index in [9.17, 15) is 18.0 Å². The molecule has 36 heavy (non-hydrogen) atoms. The first-order chi connectivity index (χ1) is 16.7. The number of ether oxygens (including phenoxy) is 2. The number of carbonyl (C=O) groups is 2. The maximum Gasteiger partial charge on any atom is 0.244 e. The number of amides is 2. The maximum absolute atomic E-state index is 13.7. The molecule has 2 rings (SSSR count). The van der Waals surface area contributed by atoms with E-state index in [0.717, 1.165) is 21.7 Å². The quantitative estimate of drug-likeness (QED) is 0.517. The Morgan fingerprint density at radius 1 is 1.06 bits per heavy atom. The number of sulfonamides is 1. The molecule has 0 aromatic heterocycles. The molecule has 0 unspecified atom stereocenters. The Morgan fingerprint density at radius 3 is 2.25 bits per heavy atom. The van der Waals surface area contributed by atoms with Crippen molar-refractivity contribution in [2.24, 2.45) is 0 Å². The van der Waals surface area contributed by atoms with E-state index in [-0.39, 0.29) is 23.9 Å². The van der Waals surface area contributed by atoms with Crippen molar-refractivity contribution in [2.75, 3.05) is 31.3 Å². The highest BCUT2D eigenvalue weighted by molar-refractivity contribution is 7.92. The van der Waals surface area contributed by atoms with Crippen LogP contribution in [0.3, 0.4) is 0 Å². The normalized spacial score (nSPS) is 12.4. The number of aryl methyl sites for hydroxylation is 1. The highest BCUT2D eigenvalue weighted by Crippen LogP contribution is 2.33. The first-order valence-electron chi connectivity index (χ1n) is 11.5. The van der Waals surface area contributed by atoms with Crippen LogP contribution >= 0.6 is 0 Å². The summed E-state index contributed by atoms with van der Waals surface area (Å²) >= 11 is 0. The van der Waals surface area contributed by atoms with Gasteiger partial charge in [0.1, 0.15) is 24.1 Å². The average molecular weight is 520 g/mol. The van der Waals surface area contributed by atoms with E-state index in [1.165, 1.54) is 25.2 Å². The predicted octanol–water partition coefficient (Wildman–Crippen LogP) is 3.11. The molecule has 1 atom stereocenters. The van der Waals surface area contributed by atoms with Crippen LogP contribution in [0.15, 0.2) is 42.5 Å². The van der Waals surface area contributed by atoms with Crippen molar-refractivity contribution in [1.29, 1.82) is 0 Å². The van der Waals surface area contributed by atoms with E-state index in [1.807, 2.05) is 52.0 Å². The number of nitrogens with zero attached hydrogens (tertiary/aromatic N) is 2. The number of anilines is 1. The van der Waals surface area contributed by atoms with Crippen molar-refractivity contribution in [3.63, 3.8) is 0 Å². The largest absolute Gasteiger partial charge is 0.497 e. The van der Waals surface area contributed by atoms with Crippen LogP contribution in [0.4, 0.5) is 5.69 Å². The van der Waals surface area contributed by atoms with Gasteiger partial charge < -0.3 is 19.7 Å². The van der Waals surface area contributed by atoms with E-state index >= 15 is 0 Å². The Bertz CT molecular complexity index is 1190. The van der Waals surface area contributed by atoms with Crippen molar-refractivity contribution >= 4 is 27.5 Å². The van der Waals surface area contributed by atoms with E-state index in [1.54, 1.807) is 19.1 Å². The highest BCUT2D eigenvalue weighted by atomic mass is 32.2. The van der Waals surface area contributed by atoms with Gasteiger partial charge in [-0.05, 0) is 52.3 Å². The van der Waals surface area contributed by atoms with E-state index in [2.05, 4.69) is 5.32 Å². The molecule has 198 valence electrons. The molecule has 2 aromatic carbocycles. The summed E-state index contributed by atoms with van der Waals surface area (Å²) in [6, 6.07) is 11.4. The standard InChI is InChI=1S/C26H37N3O6S/c1-18-10-9-11-20(14-18)16-28(19(2)25(31)27-26(3,4)5)24(30)17-29(36(8,32)33)22-13-12-21(34-6)15-23(22)35-7/h9-15,19H,16-17H2,1-8H3,(H,27,31)/t19-/m1/s1. The second-order valence-corrected chi connectivity index (χ2v) is 11.6. The van der Waals surface area contributed by atoms with Crippen molar-refractivity contribution in [3.8, 4) is 11.5 Å². The van der Waals surface area contributed by atoms with Crippen molar-refractivity contribution < 1.29 is 27.5 Å². The molecule has 0 fully saturated rings. The van der Waals surface area contributed by atoms with Crippen LogP contribution in [0.25, 0.3) is 0 Å². The Labute approximate surface area is 214 Å². The summed E-state index contributed by atoms with van der Waals surface area (Å²) in [6.07, 6.45) is 1.02. The number of methoxy groups -OCH3 is 2. The SMILES string of the molecule is COc1ccc(N(CC(=O)N(Cc2cccc(C)c2)[C@H](C)C(=O)NC(C)(C)C)S(C)(=O)=O)c(OC)c1. The molecular weight excluding hydrogens is 482 g/mol. The first-order valence-corrected chi connectivity index (χ1v) is 13.4. The molecule has 2 aromatic rings. The van der Waals surface area contributed by atoms with Gasteiger partial charge >= 0.3 is 0 Å². The minimum Gasteiger partial charge on any atom is -0.497 e. The summed E-state index contributed by atoms with van der Waals surface area (Å²) in [5.74, 6) is -0.159. The van der Waals surface area contributed by atoms with Crippen LogP contribution in [0, 0.1) is 6.92 Å². The summed E-state index contributed by atoms with van der Waals surface area (Å²) in [6.45, 7) is 8.75. The molecule has 0 radical (unpaired) electrons. The van der Waals surface area contributed by atoms with Gasteiger partial charge in [-0.25, -0.2) is 8.42 Å². The summed E-state index contributed by atoms with van der Waals surface area (Å²) in [4.78, 5) is 28.1. The molecule has 0 spiro atoms. The van der Waals surface area contributed by atoms with Crippen molar-refractivity contribution in [1.82, 2.24) is 10.2 Å². The van der Waals surface area contributed by atoms with Gasteiger partial charge in [0, 0.05) is 18.2 Å². The zero-order valence-electron chi connectivity index (χ0n) is 22.3. The third kappa shape index (κ3) is 7.87. The third-order valence-corrected chi connectivity index (χ3v) is 6.56. The molecule has 0 heterocycles. The zero-order chi connectivity index (χ0) is 27.3. The second kappa shape index (κ2) is 11.6. The number of benzene rings is 2. The van der Waals surface area contributed by atoms with Gasteiger partial charge in [-0.2, -0.15) is 0 Å². The van der Waals surface area contributed by atoms with Gasteiger partial charge in [0.25, 0.3) is 0 Å². The van der Waals surface area contributed by atoms with Crippen molar-refractivity contribution in [3.05, 3.63) is 53.6 Å². The summed E-state index contributed by atoms with van der Waals surface area (Å²) in [5.41, 5.74) is 1.52. The number of nitrogens with one attached hydrogen (secondary N) is 1. The van der Waals surface area contributed by atoms with Crippen LogP contribution in [0.2, 0.25) is 0 Å². The van der Waals surface area contributed by atoms with Crippen LogP contribution in [-0.4, -0.2) is 63.7 Å². The van der Waals surface area contributed by atoms with Gasteiger partial charge in [0.2, 0.25) is 21.8 Å². The third-order valence-electron chi connectivity index (χ3n) is 5.44. The molecule has 0 saturated heterocycles. The lowest BCUT2D eigenvalue weighted by atomic mass is 10.1. The maximum atomic E-state index is 13.7. The lowest BCUT2D eigenvalue weighted by Crippen LogP contribution is -2.54. The van der Waals surface area contributed by atoms with Gasteiger partial charge in [-0.1, -0.05) is 29.8 Å². The van der Waals surface area contributed by atoms with Gasteiger partial charge in [0.05, 0.1) is 26.2 Å². The molecule has 0 aliphatic rings. The fraction of sp³-hybridized carbons (Fsp3) is 0.462. The van der Waals surface area contributed by atoms with E-state index in [0.29, 0.717) is 5.75 Å². The molecule has 0 bridgehead atoms. The lowest BCUT2D eigenvalue weighted by molar-refractivity contribution is -0.140. The molecule has 10 heteroatoms. The fourth-order valence-corrected chi connectivity index (χ4v) is 4.50. The monoisotopic (exact) mass is 519 g/mol. The smallest absolute Gasteiger partial charge is 0.244 e. The van der Waals surface area contributed by atoms with Crippen LogP contribution in [0.1, 0.15) is 38.8 Å².